The van der Waals surface area contributed by atoms with Crippen molar-refractivity contribution in [2.75, 3.05) is 18.5 Å². The van der Waals surface area contributed by atoms with Crippen LogP contribution in [0.2, 0.25) is 0 Å². The number of amides is 1. The van der Waals surface area contributed by atoms with Gasteiger partial charge in [0.15, 0.2) is 0 Å². The fraction of sp³-hybridized carbons (Fsp3) is 0.444. The van der Waals surface area contributed by atoms with Crippen LogP contribution in [-0.2, 0) is 17.7 Å². The van der Waals surface area contributed by atoms with Gasteiger partial charge in [-0.05, 0) is 38.8 Å². The van der Waals surface area contributed by atoms with Gasteiger partial charge >= 0.3 is 11.0 Å². The number of anilines is 1. The topological polar surface area (TPSA) is 102 Å². The summed E-state index contributed by atoms with van der Waals surface area (Å²) in [6.45, 7) is 7.77. The molecular weight excluding hydrogens is 402 g/mol. The molecule has 28 heavy (non-hydrogen) atoms. The molecular formula is C18H21N3O5S2. The van der Waals surface area contributed by atoms with E-state index in [0.29, 0.717) is 29.6 Å². The van der Waals surface area contributed by atoms with Crippen LogP contribution >= 0.6 is 22.7 Å². The Bertz CT molecular complexity index is 918. The lowest BCUT2D eigenvalue weighted by Crippen LogP contribution is -2.35. The fourth-order valence-corrected chi connectivity index (χ4v) is 5.06. The van der Waals surface area contributed by atoms with Crippen LogP contribution in [0.1, 0.15) is 51.2 Å². The van der Waals surface area contributed by atoms with Gasteiger partial charge in [-0.2, -0.15) is 0 Å². The van der Waals surface area contributed by atoms with Gasteiger partial charge in [0.05, 0.1) is 22.0 Å². The molecule has 0 aliphatic carbocycles. The number of hydrogen-bond donors (Lipinski definition) is 1. The highest BCUT2D eigenvalue weighted by Gasteiger charge is 2.30. The number of ether oxygens (including phenoxy) is 1. The fourth-order valence-electron chi connectivity index (χ4n) is 3.08. The Labute approximate surface area is 170 Å². The van der Waals surface area contributed by atoms with Gasteiger partial charge in [0.25, 0.3) is 5.91 Å². The summed E-state index contributed by atoms with van der Waals surface area (Å²) in [5.74, 6) is -0.923. The van der Waals surface area contributed by atoms with Gasteiger partial charge < -0.3 is 10.1 Å². The van der Waals surface area contributed by atoms with Gasteiger partial charge in [0.1, 0.15) is 5.00 Å². The predicted octanol–water partition coefficient (Wildman–Crippen LogP) is 3.91. The summed E-state index contributed by atoms with van der Waals surface area (Å²) in [5, 5.41) is 14.0. The third-order valence-electron chi connectivity index (χ3n) is 4.52. The standard InChI is InChI=1S/C18H21N3O5S2/c1-4-26-18(23)15-11-7-8-20(10(2)3)9-13(11)28-17(15)19-16(22)12-5-6-14(27-12)21(24)25/h5-6,10H,4,7-9H2,1-3H3,(H,19,22). The van der Waals surface area contributed by atoms with E-state index in [2.05, 4.69) is 24.1 Å². The van der Waals surface area contributed by atoms with Gasteiger partial charge in [-0.1, -0.05) is 11.3 Å². The first kappa shape index (κ1) is 20.4. The number of esters is 1. The summed E-state index contributed by atoms with van der Waals surface area (Å²) < 4.78 is 5.21. The molecule has 2 aromatic rings. The molecule has 0 aromatic carbocycles. The Kier molecular flexibility index (Phi) is 6.11. The van der Waals surface area contributed by atoms with Crippen LogP contribution < -0.4 is 5.32 Å². The Morgan fingerprint density at radius 2 is 2.11 bits per heavy atom. The first-order chi connectivity index (χ1) is 13.3. The molecule has 2 aromatic heterocycles. The predicted molar refractivity (Wildman–Crippen MR) is 108 cm³/mol. The number of rotatable bonds is 6. The molecule has 3 heterocycles. The number of nitro groups is 1. The van der Waals surface area contributed by atoms with E-state index in [0.717, 1.165) is 28.3 Å². The molecule has 0 bridgehead atoms. The molecule has 0 radical (unpaired) electrons. The quantitative estimate of drug-likeness (QED) is 0.429. The van der Waals surface area contributed by atoms with E-state index >= 15 is 0 Å². The second kappa shape index (κ2) is 8.38. The number of nitrogens with one attached hydrogen (secondary N) is 1. The minimum absolute atomic E-state index is 0.103. The summed E-state index contributed by atoms with van der Waals surface area (Å²) in [5.41, 5.74) is 1.33. The maximum Gasteiger partial charge on any atom is 0.341 e. The minimum atomic E-state index is -0.532. The highest BCUT2D eigenvalue weighted by atomic mass is 32.1. The van der Waals surface area contributed by atoms with E-state index in [4.69, 9.17) is 4.74 Å². The zero-order valence-corrected chi connectivity index (χ0v) is 17.4. The second-order valence-corrected chi connectivity index (χ2v) is 8.76. The third kappa shape index (κ3) is 4.08. The number of nitrogens with zero attached hydrogens (tertiary/aromatic N) is 2. The van der Waals surface area contributed by atoms with Crippen LogP contribution in [0, 0.1) is 10.1 Å². The largest absolute Gasteiger partial charge is 0.462 e. The molecule has 1 amide bonds. The van der Waals surface area contributed by atoms with Crippen molar-refractivity contribution in [3.8, 4) is 0 Å². The second-order valence-electron chi connectivity index (χ2n) is 6.59. The van der Waals surface area contributed by atoms with E-state index < -0.39 is 16.8 Å². The summed E-state index contributed by atoms with van der Waals surface area (Å²) in [6, 6.07) is 3.09. The van der Waals surface area contributed by atoms with E-state index in [-0.39, 0.29) is 16.5 Å². The molecule has 1 N–H and O–H groups in total. The normalized spacial score (nSPS) is 14.0. The molecule has 10 heteroatoms. The molecule has 0 fully saturated rings. The number of hydrogen-bond acceptors (Lipinski definition) is 8. The molecule has 0 unspecified atom stereocenters. The first-order valence-electron chi connectivity index (χ1n) is 8.93. The smallest absolute Gasteiger partial charge is 0.341 e. The summed E-state index contributed by atoms with van der Waals surface area (Å²) in [4.78, 5) is 39.0. The summed E-state index contributed by atoms with van der Waals surface area (Å²) >= 11 is 2.17. The van der Waals surface area contributed by atoms with E-state index in [1.807, 2.05) is 0 Å². The molecule has 0 saturated heterocycles. The Morgan fingerprint density at radius 1 is 1.36 bits per heavy atom. The lowest BCUT2D eigenvalue weighted by atomic mass is 10.0. The molecule has 1 aliphatic rings. The summed E-state index contributed by atoms with van der Waals surface area (Å²) in [7, 11) is 0. The van der Waals surface area contributed by atoms with Crippen molar-refractivity contribution in [2.24, 2.45) is 0 Å². The van der Waals surface area contributed by atoms with Crippen LogP contribution in [0.5, 0.6) is 0 Å². The highest BCUT2D eigenvalue weighted by Crippen LogP contribution is 2.38. The van der Waals surface area contributed by atoms with E-state index in [1.165, 1.54) is 23.5 Å². The summed E-state index contributed by atoms with van der Waals surface area (Å²) in [6.07, 6.45) is 0.707. The maximum atomic E-state index is 12.6. The van der Waals surface area contributed by atoms with Crippen molar-refractivity contribution in [3.63, 3.8) is 0 Å². The van der Waals surface area contributed by atoms with Crippen molar-refractivity contribution >= 4 is 44.6 Å². The average Bonchev–Trinajstić information content (AvgIpc) is 3.26. The van der Waals surface area contributed by atoms with E-state index in [1.54, 1.807) is 6.92 Å². The van der Waals surface area contributed by atoms with Crippen LogP contribution in [0.4, 0.5) is 10.0 Å². The van der Waals surface area contributed by atoms with Crippen LogP contribution in [0.25, 0.3) is 0 Å². The van der Waals surface area contributed by atoms with Gasteiger partial charge in [0, 0.05) is 30.1 Å². The van der Waals surface area contributed by atoms with Crippen LogP contribution in [0.15, 0.2) is 12.1 Å². The number of thiophene rings is 2. The first-order valence-corrected chi connectivity index (χ1v) is 10.6. The SMILES string of the molecule is CCOC(=O)c1c(NC(=O)c2ccc([N+](=O)[O-])s2)sc2c1CCN(C(C)C)C2. The van der Waals surface area contributed by atoms with Crippen LogP contribution in [-0.4, -0.2) is 40.9 Å². The number of carbonyl (C=O) groups excluding carboxylic acids is 2. The number of carbonyl (C=O) groups is 2. The van der Waals surface area contributed by atoms with Gasteiger partial charge in [-0.25, -0.2) is 4.79 Å². The maximum absolute atomic E-state index is 12.6. The van der Waals surface area contributed by atoms with Crippen LogP contribution in [0.3, 0.4) is 0 Å². The zero-order valence-electron chi connectivity index (χ0n) is 15.8. The monoisotopic (exact) mass is 423 g/mol. The highest BCUT2D eigenvalue weighted by molar-refractivity contribution is 7.18. The Hall–Kier alpha value is -2.30. The zero-order chi connectivity index (χ0) is 20.4. The third-order valence-corrected chi connectivity index (χ3v) is 6.69. The van der Waals surface area contributed by atoms with Gasteiger partial charge in [0.2, 0.25) is 0 Å². The number of fused-ring (bicyclic) bond motifs is 1. The van der Waals surface area contributed by atoms with Crippen molar-refractivity contribution in [1.29, 1.82) is 0 Å². The molecule has 1 aliphatic heterocycles. The Morgan fingerprint density at radius 3 is 2.71 bits per heavy atom. The molecule has 8 nitrogen and oxygen atoms in total. The molecule has 150 valence electrons. The van der Waals surface area contributed by atoms with Crippen molar-refractivity contribution in [1.82, 2.24) is 4.90 Å². The molecule has 0 spiro atoms. The lowest BCUT2D eigenvalue weighted by molar-refractivity contribution is -0.380. The van der Waals surface area contributed by atoms with Gasteiger partial charge in [-0.15, -0.1) is 11.3 Å². The minimum Gasteiger partial charge on any atom is -0.462 e. The van der Waals surface area contributed by atoms with Crippen molar-refractivity contribution in [3.05, 3.63) is 43.1 Å². The molecule has 0 saturated carbocycles. The van der Waals surface area contributed by atoms with E-state index in [9.17, 15) is 19.7 Å². The van der Waals surface area contributed by atoms with Crippen molar-refractivity contribution < 1.29 is 19.2 Å². The van der Waals surface area contributed by atoms with Gasteiger partial charge in [-0.3, -0.25) is 19.8 Å². The molecule has 3 rings (SSSR count). The lowest BCUT2D eigenvalue weighted by Gasteiger charge is -2.30. The molecule has 0 atom stereocenters. The Balaban J connectivity index is 1.91. The van der Waals surface area contributed by atoms with Crippen molar-refractivity contribution in [2.45, 2.75) is 39.8 Å². The average molecular weight is 424 g/mol.